The third-order valence-electron chi connectivity index (χ3n) is 3.60. The van der Waals surface area contributed by atoms with Crippen LogP contribution in [0.2, 0.25) is 0 Å². The number of benzene rings is 1. The zero-order valence-electron chi connectivity index (χ0n) is 14.5. The molecule has 0 radical (unpaired) electrons. The Bertz CT molecular complexity index is 1010. The smallest absolute Gasteiger partial charge is 0.416 e. The van der Waals surface area contributed by atoms with Gasteiger partial charge in [0, 0.05) is 29.1 Å². The molecule has 0 bridgehead atoms. The summed E-state index contributed by atoms with van der Waals surface area (Å²) >= 11 is 0. The van der Waals surface area contributed by atoms with E-state index in [9.17, 15) is 26.3 Å². The Hall–Kier alpha value is -3.54. The molecule has 0 saturated heterocycles. The Kier molecular flexibility index (Phi) is 5.46. The van der Waals surface area contributed by atoms with E-state index in [1.165, 1.54) is 23.0 Å². The van der Waals surface area contributed by atoms with Gasteiger partial charge in [-0.1, -0.05) is 30.2 Å². The van der Waals surface area contributed by atoms with Crippen molar-refractivity contribution in [2.45, 2.75) is 12.4 Å². The van der Waals surface area contributed by atoms with Crippen molar-refractivity contribution in [2.24, 2.45) is 0 Å². The number of pyridine rings is 2. The highest BCUT2D eigenvalue weighted by Crippen LogP contribution is 2.36. The quantitative estimate of drug-likeness (QED) is 0.323. The highest BCUT2D eigenvalue weighted by molar-refractivity contribution is 5.48. The van der Waals surface area contributed by atoms with Crippen LogP contribution in [0, 0.1) is 11.8 Å². The van der Waals surface area contributed by atoms with Crippen molar-refractivity contribution in [1.29, 1.82) is 0 Å². The van der Waals surface area contributed by atoms with Crippen LogP contribution in [0.15, 0.2) is 67.1 Å². The standard InChI is InChI=1S/C20H11F6N3/c21-19(22,23)16-10-15(11-17(12-16)20(24,25)26)5-4-14-6-7-18(27-13-14)28-29-8-2-1-3-9-29/h1-3,6-13H. The zero-order chi connectivity index (χ0) is 21.1. The molecule has 0 fully saturated rings. The number of halogens is 6. The third kappa shape index (κ3) is 5.48. The van der Waals surface area contributed by atoms with Gasteiger partial charge in [-0.3, -0.25) is 0 Å². The first-order valence-corrected chi connectivity index (χ1v) is 8.07. The molecule has 3 aromatic rings. The highest BCUT2D eigenvalue weighted by Gasteiger charge is 2.36. The molecule has 2 heterocycles. The van der Waals surface area contributed by atoms with Gasteiger partial charge in [0.05, 0.1) is 11.1 Å². The molecule has 9 heteroatoms. The van der Waals surface area contributed by atoms with Gasteiger partial charge in [-0.25, -0.2) is 0 Å². The van der Waals surface area contributed by atoms with Crippen LogP contribution < -0.4 is 4.68 Å². The number of rotatable bonds is 2. The van der Waals surface area contributed by atoms with Gasteiger partial charge in [-0.15, -0.1) is 0 Å². The molecule has 0 saturated carbocycles. The highest BCUT2D eigenvalue weighted by atomic mass is 19.4. The van der Waals surface area contributed by atoms with Crippen molar-refractivity contribution < 1.29 is 31.0 Å². The van der Waals surface area contributed by atoms with E-state index >= 15 is 0 Å². The minimum Gasteiger partial charge on any atom is -0.437 e. The van der Waals surface area contributed by atoms with E-state index in [0.29, 0.717) is 23.5 Å². The molecule has 0 aliphatic carbocycles. The molecule has 3 rings (SSSR count). The summed E-state index contributed by atoms with van der Waals surface area (Å²) in [6.07, 6.45) is -5.12. The Balaban J connectivity index is 1.85. The molecule has 0 aliphatic heterocycles. The average Bonchev–Trinajstić information content (AvgIpc) is 2.67. The summed E-state index contributed by atoms with van der Waals surface area (Å²) in [4.78, 5) is 4.05. The monoisotopic (exact) mass is 407 g/mol. The van der Waals surface area contributed by atoms with E-state index in [-0.39, 0.29) is 6.07 Å². The molecule has 0 aliphatic rings. The second-order valence-corrected chi connectivity index (χ2v) is 5.81. The first-order valence-electron chi connectivity index (χ1n) is 8.07. The Labute approximate surface area is 161 Å². The maximum Gasteiger partial charge on any atom is 0.416 e. The fourth-order valence-corrected chi connectivity index (χ4v) is 2.27. The predicted octanol–water partition coefficient (Wildman–Crippen LogP) is 5.28. The number of alkyl halides is 6. The molecule has 0 spiro atoms. The predicted molar refractivity (Wildman–Crippen MR) is 91.7 cm³/mol. The average molecular weight is 407 g/mol. The van der Waals surface area contributed by atoms with Crippen molar-refractivity contribution in [3.8, 4) is 11.8 Å². The van der Waals surface area contributed by atoms with Gasteiger partial charge in [0.2, 0.25) is 0 Å². The Morgan fingerprint density at radius 1 is 0.759 bits per heavy atom. The summed E-state index contributed by atoms with van der Waals surface area (Å²) in [6, 6.07) is 9.61. The number of hydrogen-bond donors (Lipinski definition) is 0. The fraction of sp³-hybridized carbons (Fsp3) is 0.100. The molecule has 0 atom stereocenters. The summed E-state index contributed by atoms with van der Waals surface area (Å²) in [6.45, 7) is 0. The van der Waals surface area contributed by atoms with Crippen molar-refractivity contribution in [1.82, 2.24) is 4.98 Å². The lowest BCUT2D eigenvalue weighted by Gasteiger charge is -2.12. The molecule has 148 valence electrons. The minimum absolute atomic E-state index is 0.0598. The van der Waals surface area contributed by atoms with E-state index in [1.807, 2.05) is 6.07 Å². The van der Waals surface area contributed by atoms with E-state index < -0.39 is 29.0 Å². The van der Waals surface area contributed by atoms with Crippen LogP contribution in [-0.4, -0.2) is 4.98 Å². The number of aromatic nitrogens is 2. The van der Waals surface area contributed by atoms with Crippen molar-refractivity contribution >= 4 is 5.82 Å². The summed E-state index contributed by atoms with van der Waals surface area (Å²) < 4.78 is 78.8. The second kappa shape index (κ2) is 7.83. The van der Waals surface area contributed by atoms with Gasteiger partial charge in [0.25, 0.3) is 0 Å². The van der Waals surface area contributed by atoms with Crippen LogP contribution in [0.3, 0.4) is 0 Å². The van der Waals surface area contributed by atoms with Crippen molar-refractivity contribution in [2.75, 3.05) is 0 Å². The normalized spacial score (nSPS) is 11.5. The number of hydrogen-bond acceptors (Lipinski definition) is 1. The first kappa shape index (κ1) is 20.2. The largest absolute Gasteiger partial charge is 0.437 e. The van der Waals surface area contributed by atoms with Gasteiger partial charge >= 0.3 is 12.4 Å². The molecule has 0 N–H and O–H groups in total. The zero-order valence-corrected chi connectivity index (χ0v) is 14.5. The third-order valence-corrected chi connectivity index (χ3v) is 3.60. The molecule has 3 nitrogen and oxygen atoms in total. The van der Waals surface area contributed by atoms with Gasteiger partial charge in [-0.05, 0) is 24.3 Å². The maximum absolute atomic E-state index is 12.9. The molecule has 29 heavy (non-hydrogen) atoms. The Morgan fingerprint density at radius 3 is 1.86 bits per heavy atom. The molecule has 0 amide bonds. The maximum atomic E-state index is 12.9. The first-order chi connectivity index (χ1) is 13.6. The summed E-state index contributed by atoms with van der Waals surface area (Å²) in [5.74, 6) is 5.19. The van der Waals surface area contributed by atoms with E-state index in [1.54, 1.807) is 24.5 Å². The van der Waals surface area contributed by atoms with Crippen LogP contribution in [0.1, 0.15) is 22.3 Å². The lowest BCUT2D eigenvalue weighted by molar-refractivity contribution is -0.619. The van der Waals surface area contributed by atoms with Gasteiger partial charge in [0.1, 0.15) is 0 Å². The van der Waals surface area contributed by atoms with Crippen LogP contribution in [0.5, 0.6) is 0 Å². The van der Waals surface area contributed by atoms with Gasteiger partial charge < -0.3 is 4.98 Å². The molecular formula is C20H11F6N3. The molecule has 2 aromatic heterocycles. The fourth-order valence-electron chi connectivity index (χ4n) is 2.27. The van der Waals surface area contributed by atoms with E-state index in [0.717, 1.165) is 0 Å². The molecule has 0 unspecified atom stereocenters. The molecule has 1 aromatic carbocycles. The lowest BCUT2D eigenvalue weighted by Crippen LogP contribution is -2.26. The minimum atomic E-state index is -4.92. The van der Waals surface area contributed by atoms with Crippen LogP contribution in [-0.2, 0) is 12.4 Å². The number of nitrogens with zero attached hydrogens (tertiary/aromatic N) is 3. The summed E-state index contributed by atoms with van der Waals surface area (Å²) in [7, 11) is 0. The summed E-state index contributed by atoms with van der Waals surface area (Å²) in [5, 5.41) is 0. The lowest BCUT2D eigenvalue weighted by atomic mass is 10.0. The van der Waals surface area contributed by atoms with E-state index in [2.05, 4.69) is 22.3 Å². The second-order valence-electron chi connectivity index (χ2n) is 5.81. The SMILES string of the molecule is FC(F)(F)c1cc(C#Cc2ccc([N-][n+]3ccccc3)nc2)cc(C(F)(F)F)c1. The van der Waals surface area contributed by atoms with Crippen molar-refractivity contribution in [3.63, 3.8) is 0 Å². The topological polar surface area (TPSA) is 30.9 Å². The van der Waals surface area contributed by atoms with Gasteiger partial charge in [0.15, 0.2) is 12.4 Å². The van der Waals surface area contributed by atoms with Crippen LogP contribution in [0.4, 0.5) is 32.2 Å². The molecular weight excluding hydrogens is 396 g/mol. The van der Waals surface area contributed by atoms with Gasteiger partial charge in [-0.2, -0.15) is 36.4 Å². The van der Waals surface area contributed by atoms with Crippen LogP contribution >= 0.6 is 0 Å². The van der Waals surface area contributed by atoms with E-state index in [4.69, 9.17) is 0 Å². The van der Waals surface area contributed by atoms with Crippen molar-refractivity contribution in [3.05, 3.63) is 94.8 Å². The Morgan fingerprint density at radius 2 is 1.34 bits per heavy atom. The summed E-state index contributed by atoms with van der Waals surface area (Å²) in [5.41, 5.74) is 1.27. The van der Waals surface area contributed by atoms with Crippen LogP contribution in [0.25, 0.3) is 5.43 Å².